The first-order chi connectivity index (χ1) is 9.62. The minimum atomic E-state index is -0.485. The Hall–Kier alpha value is -2.18. The van der Waals surface area contributed by atoms with E-state index >= 15 is 0 Å². The van der Waals surface area contributed by atoms with E-state index in [9.17, 15) is 4.79 Å². The van der Waals surface area contributed by atoms with Gasteiger partial charge in [0.1, 0.15) is 5.69 Å². The second kappa shape index (κ2) is 5.85. The predicted octanol–water partition coefficient (Wildman–Crippen LogP) is 1.83. The molecule has 0 amide bonds. The van der Waals surface area contributed by atoms with Crippen LogP contribution in [0.25, 0.3) is 11.3 Å². The van der Waals surface area contributed by atoms with E-state index in [0.29, 0.717) is 5.69 Å². The number of nitrogens with zero attached hydrogens (tertiary/aromatic N) is 5. The number of hydrogen-bond donors (Lipinski definition) is 0. The lowest BCUT2D eigenvalue weighted by Crippen LogP contribution is -2.11. The Labute approximate surface area is 117 Å². The molecular formula is C13H19N5O2. The average molecular weight is 277 g/mol. The first-order valence-electron chi connectivity index (χ1n) is 6.64. The molecule has 0 saturated heterocycles. The molecule has 0 saturated carbocycles. The molecular weight excluding hydrogens is 258 g/mol. The molecule has 108 valence electrons. The SMILES string of the molecule is CCC(CC)n1nnc(C(=O)OC)c1-c1cnn(C)c1. The van der Waals surface area contributed by atoms with Gasteiger partial charge in [-0.2, -0.15) is 5.10 Å². The van der Waals surface area contributed by atoms with Crippen molar-refractivity contribution in [1.29, 1.82) is 0 Å². The molecule has 2 aromatic heterocycles. The molecule has 7 heteroatoms. The van der Waals surface area contributed by atoms with E-state index in [0.717, 1.165) is 18.4 Å². The zero-order chi connectivity index (χ0) is 14.7. The maximum absolute atomic E-state index is 11.9. The van der Waals surface area contributed by atoms with Gasteiger partial charge in [-0.05, 0) is 12.8 Å². The standard InChI is InChI=1S/C13H19N5O2/c1-5-10(6-2)18-12(9-7-14-17(3)8-9)11(15-16-18)13(19)20-4/h7-8,10H,5-6H2,1-4H3. The fourth-order valence-corrected chi connectivity index (χ4v) is 2.23. The van der Waals surface area contributed by atoms with Gasteiger partial charge < -0.3 is 4.74 Å². The zero-order valence-corrected chi connectivity index (χ0v) is 12.2. The highest BCUT2D eigenvalue weighted by molar-refractivity contribution is 5.93. The Kier molecular flexibility index (Phi) is 4.16. The lowest BCUT2D eigenvalue weighted by atomic mass is 10.1. The molecule has 20 heavy (non-hydrogen) atoms. The van der Waals surface area contributed by atoms with E-state index in [1.165, 1.54) is 7.11 Å². The van der Waals surface area contributed by atoms with E-state index in [2.05, 4.69) is 29.3 Å². The highest BCUT2D eigenvalue weighted by Crippen LogP contribution is 2.27. The minimum absolute atomic E-state index is 0.191. The summed E-state index contributed by atoms with van der Waals surface area (Å²) in [6, 6.07) is 0.191. The predicted molar refractivity (Wildman–Crippen MR) is 73.2 cm³/mol. The Morgan fingerprint density at radius 3 is 2.60 bits per heavy atom. The van der Waals surface area contributed by atoms with Crippen molar-refractivity contribution < 1.29 is 9.53 Å². The molecule has 0 aliphatic heterocycles. The molecule has 0 fully saturated rings. The van der Waals surface area contributed by atoms with Crippen molar-refractivity contribution in [2.75, 3.05) is 7.11 Å². The summed E-state index contributed by atoms with van der Waals surface area (Å²) >= 11 is 0. The van der Waals surface area contributed by atoms with E-state index in [4.69, 9.17) is 4.74 Å². The summed E-state index contributed by atoms with van der Waals surface area (Å²) < 4.78 is 8.26. The molecule has 0 radical (unpaired) electrons. The van der Waals surface area contributed by atoms with Crippen molar-refractivity contribution in [3.8, 4) is 11.3 Å². The van der Waals surface area contributed by atoms with E-state index < -0.39 is 5.97 Å². The van der Waals surface area contributed by atoms with Crippen molar-refractivity contribution in [2.24, 2.45) is 7.05 Å². The summed E-state index contributed by atoms with van der Waals surface area (Å²) in [7, 11) is 3.16. The Bertz CT molecular complexity index is 598. The number of esters is 1. The van der Waals surface area contributed by atoms with Crippen LogP contribution in [-0.2, 0) is 11.8 Å². The number of ether oxygens (including phenoxy) is 1. The third-order valence-corrected chi connectivity index (χ3v) is 3.34. The fraction of sp³-hybridized carbons (Fsp3) is 0.538. The molecule has 0 spiro atoms. The van der Waals surface area contributed by atoms with Crippen molar-refractivity contribution in [3.05, 3.63) is 18.1 Å². The van der Waals surface area contributed by atoms with E-state index in [1.54, 1.807) is 15.6 Å². The van der Waals surface area contributed by atoms with Crippen LogP contribution in [0.15, 0.2) is 12.4 Å². The second-order valence-corrected chi connectivity index (χ2v) is 4.60. The van der Waals surface area contributed by atoms with E-state index in [-0.39, 0.29) is 11.7 Å². The molecule has 0 atom stereocenters. The van der Waals surface area contributed by atoms with Crippen LogP contribution in [0.3, 0.4) is 0 Å². The molecule has 0 aliphatic rings. The number of aryl methyl sites for hydroxylation is 1. The van der Waals surface area contributed by atoms with Crippen LogP contribution in [0.5, 0.6) is 0 Å². The summed E-state index contributed by atoms with van der Waals surface area (Å²) in [5, 5.41) is 12.3. The number of hydrogen-bond acceptors (Lipinski definition) is 5. The van der Waals surface area contributed by atoms with Gasteiger partial charge in [-0.1, -0.05) is 19.1 Å². The minimum Gasteiger partial charge on any atom is -0.464 e. The van der Waals surface area contributed by atoms with Gasteiger partial charge in [0.15, 0.2) is 5.69 Å². The van der Waals surface area contributed by atoms with Crippen molar-refractivity contribution in [2.45, 2.75) is 32.7 Å². The van der Waals surface area contributed by atoms with Crippen LogP contribution in [0.1, 0.15) is 43.2 Å². The second-order valence-electron chi connectivity index (χ2n) is 4.60. The third kappa shape index (κ3) is 2.43. The fourth-order valence-electron chi connectivity index (χ4n) is 2.23. The largest absolute Gasteiger partial charge is 0.464 e. The van der Waals surface area contributed by atoms with Gasteiger partial charge in [-0.15, -0.1) is 5.10 Å². The van der Waals surface area contributed by atoms with Crippen LogP contribution in [0, 0.1) is 0 Å². The molecule has 0 N–H and O–H groups in total. The molecule has 2 aromatic rings. The normalized spacial score (nSPS) is 11.1. The Morgan fingerprint density at radius 1 is 1.40 bits per heavy atom. The van der Waals surface area contributed by atoms with Crippen molar-refractivity contribution in [1.82, 2.24) is 24.8 Å². The highest BCUT2D eigenvalue weighted by Gasteiger charge is 2.25. The first-order valence-corrected chi connectivity index (χ1v) is 6.64. The maximum atomic E-state index is 11.9. The molecule has 0 aliphatic carbocycles. The quantitative estimate of drug-likeness (QED) is 0.779. The van der Waals surface area contributed by atoms with Crippen LogP contribution < -0.4 is 0 Å². The summed E-state index contributed by atoms with van der Waals surface area (Å²) in [5.41, 5.74) is 1.70. The third-order valence-electron chi connectivity index (χ3n) is 3.34. The molecule has 7 nitrogen and oxygen atoms in total. The van der Waals surface area contributed by atoms with Crippen LogP contribution >= 0.6 is 0 Å². The van der Waals surface area contributed by atoms with Crippen LogP contribution in [-0.4, -0.2) is 37.9 Å². The highest BCUT2D eigenvalue weighted by atomic mass is 16.5. The Morgan fingerprint density at radius 2 is 2.10 bits per heavy atom. The van der Waals surface area contributed by atoms with Gasteiger partial charge in [-0.3, -0.25) is 4.68 Å². The number of rotatable bonds is 5. The summed E-state index contributed by atoms with van der Waals surface area (Å²) in [6.07, 6.45) is 5.36. The van der Waals surface area contributed by atoms with Gasteiger partial charge >= 0.3 is 5.97 Å². The van der Waals surface area contributed by atoms with Crippen molar-refractivity contribution in [3.63, 3.8) is 0 Å². The van der Waals surface area contributed by atoms with Gasteiger partial charge in [-0.25, -0.2) is 9.48 Å². The number of carbonyl (C=O) groups is 1. The van der Waals surface area contributed by atoms with Gasteiger partial charge in [0.25, 0.3) is 0 Å². The van der Waals surface area contributed by atoms with Crippen molar-refractivity contribution >= 4 is 5.97 Å². The molecule has 0 bridgehead atoms. The maximum Gasteiger partial charge on any atom is 0.360 e. The lowest BCUT2D eigenvalue weighted by molar-refractivity contribution is 0.0595. The average Bonchev–Trinajstić information content (AvgIpc) is 3.05. The molecule has 2 heterocycles. The molecule has 0 unspecified atom stereocenters. The van der Waals surface area contributed by atoms with E-state index in [1.807, 2.05) is 13.2 Å². The van der Waals surface area contributed by atoms with Gasteiger partial charge in [0.2, 0.25) is 0 Å². The summed E-state index contributed by atoms with van der Waals surface area (Å²) in [4.78, 5) is 11.9. The summed E-state index contributed by atoms with van der Waals surface area (Å²) in [6.45, 7) is 4.17. The topological polar surface area (TPSA) is 74.8 Å². The van der Waals surface area contributed by atoms with Crippen LogP contribution in [0.2, 0.25) is 0 Å². The smallest absolute Gasteiger partial charge is 0.360 e. The van der Waals surface area contributed by atoms with Gasteiger partial charge in [0, 0.05) is 18.8 Å². The molecule has 2 rings (SSSR count). The zero-order valence-electron chi connectivity index (χ0n) is 12.2. The molecule has 0 aromatic carbocycles. The number of aromatic nitrogens is 5. The van der Waals surface area contributed by atoms with Gasteiger partial charge in [0.05, 0.1) is 19.3 Å². The van der Waals surface area contributed by atoms with Crippen LogP contribution in [0.4, 0.5) is 0 Å². The first kappa shape index (κ1) is 14.2. The Balaban J connectivity index is 2.59. The monoisotopic (exact) mass is 277 g/mol. The number of methoxy groups -OCH3 is 1. The lowest BCUT2D eigenvalue weighted by Gasteiger charge is -2.15. The number of carbonyl (C=O) groups excluding carboxylic acids is 1. The summed E-state index contributed by atoms with van der Waals surface area (Å²) in [5.74, 6) is -0.485.